The molecule has 5 nitrogen and oxygen atoms in total. The number of aromatic nitrogens is 1. The van der Waals surface area contributed by atoms with Crippen LogP contribution in [0.15, 0.2) is 41.4 Å². The molecule has 0 spiro atoms. The first kappa shape index (κ1) is 18.3. The van der Waals surface area contributed by atoms with Crippen LogP contribution in [0.3, 0.4) is 0 Å². The summed E-state index contributed by atoms with van der Waals surface area (Å²) in [4.78, 5) is 6.58. The zero-order valence-corrected chi connectivity index (χ0v) is 15.5. The fourth-order valence-electron chi connectivity index (χ4n) is 2.27. The number of rotatable bonds is 7. The van der Waals surface area contributed by atoms with E-state index >= 15 is 0 Å². The highest BCUT2D eigenvalue weighted by atomic mass is 32.2. The molecule has 2 aromatic rings. The Hall–Kier alpha value is -2.08. The summed E-state index contributed by atoms with van der Waals surface area (Å²) in [5.41, 5.74) is 2.97. The van der Waals surface area contributed by atoms with E-state index in [0.29, 0.717) is 5.82 Å². The number of aryl methyl sites for hydroxylation is 2. The molecule has 0 saturated heterocycles. The smallest absolute Gasteiger partial charge is 0.263 e. The Kier molecular flexibility index (Phi) is 5.83. The molecule has 0 atom stereocenters. The Morgan fingerprint density at radius 1 is 1.12 bits per heavy atom. The van der Waals surface area contributed by atoms with Crippen LogP contribution in [0.1, 0.15) is 30.9 Å². The van der Waals surface area contributed by atoms with Crippen molar-refractivity contribution in [1.82, 2.24) is 4.98 Å². The van der Waals surface area contributed by atoms with Crippen LogP contribution in [0.25, 0.3) is 0 Å². The molecule has 0 bridgehead atoms. The van der Waals surface area contributed by atoms with Gasteiger partial charge in [0.05, 0.1) is 16.8 Å². The van der Waals surface area contributed by atoms with Crippen LogP contribution in [0.4, 0.5) is 11.5 Å². The van der Waals surface area contributed by atoms with Gasteiger partial charge in [-0.25, -0.2) is 13.4 Å². The molecule has 0 saturated carbocycles. The number of nitrogens with one attached hydrogen (secondary N) is 1. The van der Waals surface area contributed by atoms with Gasteiger partial charge in [0.1, 0.15) is 5.82 Å². The summed E-state index contributed by atoms with van der Waals surface area (Å²) in [6, 6.07) is 8.66. The molecule has 1 aromatic heterocycles. The number of hydrogen-bond acceptors (Lipinski definition) is 4. The molecule has 6 heteroatoms. The van der Waals surface area contributed by atoms with Crippen molar-refractivity contribution in [3.63, 3.8) is 0 Å². The van der Waals surface area contributed by atoms with Crippen LogP contribution in [0, 0.1) is 13.8 Å². The lowest BCUT2D eigenvalue weighted by atomic mass is 10.1. The maximum absolute atomic E-state index is 12.5. The van der Waals surface area contributed by atoms with Crippen molar-refractivity contribution in [2.45, 2.75) is 38.5 Å². The summed E-state index contributed by atoms with van der Waals surface area (Å²) >= 11 is 0. The predicted octanol–water partition coefficient (Wildman–Crippen LogP) is 3.74. The van der Waals surface area contributed by atoms with E-state index in [-0.39, 0.29) is 4.90 Å². The highest BCUT2D eigenvalue weighted by molar-refractivity contribution is 7.92. The highest BCUT2D eigenvalue weighted by Gasteiger charge is 2.15. The summed E-state index contributed by atoms with van der Waals surface area (Å²) in [6.07, 6.45) is 3.93. The van der Waals surface area contributed by atoms with E-state index in [2.05, 4.69) is 21.5 Å². The molecule has 0 fully saturated rings. The van der Waals surface area contributed by atoms with Gasteiger partial charge in [0.25, 0.3) is 10.0 Å². The van der Waals surface area contributed by atoms with E-state index in [9.17, 15) is 8.42 Å². The molecule has 1 N–H and O–H groups in total. The molecule has 0 amide bonds. The van der Waals surface area contributed by atoms with Crippen molar-refractivity contribution in [1.29, 1.82) is 0 Å². The first-order chi connectivity index (χ1) is 11.3. The average Bonchev–Trinajstić information content (AvgIpc) is 2.55. The number of benzene rings is 1. The quantitative estimate of drug-likeness (QED) is 0.829. The minimum Gasteiger partial charge on any atom is -0.373 e. The van der Waals surface area contributed by atoms with Gasteiger partial charge < -0.3 is 4.90 Å². The Labute approximate surface area is 144 Å². The van der Waals surface area contributed by atoms with Gasteiger partial charge in [0.2, 0.25) is 0 Å². The zero-order valence-electron chi connectivity index (χ0n) is 14.7. The van der Waals surface area contributed by atoms with Crippen LogP contribution in [0.5, 0.6) is 0 Å². The van der Waals surface area contributed by atoms with Crippen molar-refractivity contribution >= 4 is 21.5 Å². The van der Waals surface area contributed by atoms with Crippen LogP contribution >= 0.6 is 0 Å². The lowest BCUT2D eigenvalue weighted by Gasteiger charge is -2.18. The molecule has 0 aliphatic carbocycles. The first-order valence-electron chi connectivity index (χ1n) is 8.10. The standard InChI is InChI=1S/C18H25N3O2S/c1-5-6-11-21(4)16-8-10-18(19-13-16)20-24(22,23)17-9-7-14(2)15(3)12-17/h7-10,12-13H,5-6,11H2,1-4H3,(H,19,20). The lowest BCUT2D eigenvalue weighted by Crippen LogP contribution is -2.19. The number of sulfonamides is 1. The zero-order chi connectivity index (χ0) is 17.7. The number of pyridine rings is 1. The van der Waals surface area contributed by atoms with Gasteiger partial charge in [0, 0.05) is 13.6 Å². The largest absolute Gasteiger partial charge is 0.373 e. The third-order valence-electron chi connectivity index (χ3n) is 4.06. The van der Waals surface area contributed by atoms with Gasteiger partial charge in [0.15, 0.2) is 0 Å². The van der Waals surface area contributed by atoms with E-state index in [1.807, 2.05) is 33.0 Å². The molecule has 1 aromatic carbocycles. The topological polar surface area (TPSA) is 62.3 Å². The molecular weight excluding hydrogens is 322 g/mol. The molecule has 2 rings (SSSR count). The SMILES string of the molecule is CCCCN(C)c1ccc(NS(=O)(=O)c2ccc(C)c(C)c2)nc1. The normalized spacial score (nSPS) is 11.3. The Balaban J connectivity index is 2.13. The van der Waals surface area contributed by atoms with E-state index < -0.39 is 10.0 Å². The van der Waals surface area contributed by atoms with Crippen molar-refractivity contribution in [3.8, 4) is 0 Å². The Morgan fingerprint density at radius 3 is 2.46 bits per heavy atom. The molecule has 0 aliphatic rings. The minimum atomic E-state index is -3.63. The van der Waals surface area contributed by atoms with Crippen LogP contribution in [-0.2, 0) is 10.0 Å². The van der Waals surface area contributed by atoms with Crippen molar-refractivity contribution in [2.75, 3.05) is 23.2 Å². The van der Waals surface area contributed by atoms with Gasteiger partial charge in [-0.3, -0.25) is 4.72 Å². The highest BCUT2D eigenvalue weighted by Crippen LogP contribution is 2.19. The number of nitrogens with zero attached hydrogens (tertiary/aromatic N) is 2. The second-order valence-corrected chi connectivity index (χ2v) is 7.71. The fraction of sp³-hybridized carbons (Fsp3) is 0.389. The number of hydrogen-bond donors (Lipinski definition) is 1. The van der Waals surface area contributed by atoms with E-state index in [0.717, 1.165) is 36.2 Å². The first-order valence-corrected chi connectivity index (χ1v) is 9.59. The Morgan fingerprint density at radius 2 is 1.88 bits per heavy atom. The summed E-state index contributed by atoms with van der Waals surface area (Å²) < 4.78 is 27.5. The maximum atomic E-state index is 12.5. The number of anilines is 2. The molecule has 0 unspecified atom stereocenters. The molecule has 130 valence electrons. The number of unbranched alkanes of at least 4 members (excludes halogenated alkanes) is 1. The Bertz CT molecular complexity index is 786. The predicted molar refractivity (Wildman–Crippen MR) is 99.1 cm³/mol. The van der Waals surface area contributed by atoms with Gasteiger partial charge in [-0.05, 0) is 55.7 Å². The van der Waals surface area contributed by atoms with Crippen molar-refractivity contribution in [2.24, 2.45) is 0 Å². The maximum Gasteiger partial charge on any atom is 0.263 e. The molecule has 1 heterocycles. The van der Waals surface area contributed by atoms with Gasteiger partial charge in [-0.2, -0.15) is 0 Å². The van der Waals surface area contributed by atoms with Gasteiger partial charge in [-0.1, -0.05) is 19.4 Å². The minimum absolute atomic E-state index is 0.247. The second-order valence-electron chi connectivity index (χ2n) is 6.03. The van der Waals surface area contributed by atoms with Crippen molar-refractivity contribution < 1.29 is 8.42 Å². The van der Waals surface area contributed by atoms with Crippen LogP contribution in [-0.4, -0.2) is 27.0 Å². The monoisotopic (exact) mass is 347 g/mol. The lowest BCUT2D eigenvalue weighted by molar-refractivity contribution is 0.601. The van der Waals surface area contributed by atoms with Crippen LogP contribution in [0.2, 0.25) is 0 Å². The third kappa shape index (κ3) is 4.47. The molecule has 0 radical (unpaired) electrons. The fourth-order valence-corrected chi connectivity index (χ4v) is 3.37. The van der Waals surface area contributed by atoms with E-state index in [4.69, 9.17) is 0 Å². The van der Waals surface area contributed by atoms with Gasteiger partial charge in [-0.15, -0.1) is 0 Å². The van der Waals surface area contributed by atoms with E-state index in [1.165, 1.54) is 0 Å². The third-order valence-corrected chi connectivity index (χ3v) is 5.42. The van der Waals surface area contributed by atoms with Gasteiger partial charge >= 0.3 is 0 Å². The summed E-state index contributed by atoms with van der Waals surface area (Å²) in [5, 5.41) is 0. The van der Waals surface area contributed by atoms with E-state index in [1.54, 1.807) is 24.4 Å². The van der Waals surface area contributed by atoms with Crippen molar-refractivity contribution in [3.05, 3.63) is 47.7 Å². The summed E-state index contributed by atoms with van der Waals surface area (Å²) in [5.74, 6) is 0.320. The summed E-state index contributed by atoms with van der Waals surface area (Å²) in [6.45, 7) is 6.95. The molecule has 0 aliphatic heterocycles. The molecule has 24 heavy (non-hydrogen) atoms. The average molecular weight is 347 g/mol. The second kappa shape index (κ2) is 7.66. The summed E-state index contributed by atoms with van der Waals surface area (Å²) in [7, 11) is -1.62. The molecular formula is C18H25N3O2S. The van der Waals surface area contributed by atoms with Crippen LogP contribution < -0.4 is 9.62 Å².